The minimum absolute atomic E-state index is 0. The van der Waals surface area contributed by atoms with Crippen molar-refractivity contribution >= 4 is 23.9 Å². The van der Waals surface area contributed by atoms with Crippen molar-refractivity contribution in [3.63, 3.8) is 0 Å². The molecule has 0 radical (unpaired) electrons. The Morgan fingerprint density at radius 1 is 1.05 bits per heavy atom. The third-order valence-corrected chi connectivity index (χ3v) is 4.31. The Morgan fingerprint density at radius 3 is 2.32 bits per heavy atom. The fourth-order valence-corrected chi connectivity index (χ4v) is 3.27. The molecule has 0 aromatic heterocycles. The van der Waals surface area contributed by atoms with Crippen LogP contribution in [0.25, 0.3) is 5.57 Å². The third-order valence-electron chi connectivity index (χ3n) is 4.31. The van der Waals surface area contributed by atoms with Crippen LogP contribution >= 0.6 is 12.4 Å². The van der Waals surface area contributed by atoms with Gasteiger partial charge in [-0.3, -0.25) is 5.41 Å². The molecule has 1 aliphatic carbocycles. The van der Waals surface area contributed by atoms with E-state index in [2.05, 4.69) is 19.1 Å². The van der Waals surface area contributed by atoms with Crippen LogP contribution in [0.1, 0.15) is 44.6 Å². The van der Waals surface area contributed by atoms with E-state index in [1.54, 1.807) is 0 Å². The summed E-state index contributed by atoms with van der Waals surface area (Å²) in [6.07, 6.45) is 5.86. The third kappa shape index (κ3) is 2.30. The summed E-state index contributed by atoms with van der Waals surface area (Å²) in [5.41, 5.74) is 3.22. The molecule has 2 nitrogen and oxygen atoms in total. The maximum Gasteiger partial charge on any atom is 0.214 e. The van der Waals surface area contributed by atoms with E-state index in [0.29, 0.717) is 5.90 Å². The molecular formula is C16H20ClNO. The highest BCUT2D eigenvalue weighted by Crippen LogP contribution is 2.46. The Bertz CT molecular complexity index is 501. The molecule has 1 fully saturated rings. The molecule has 3 heteroatoms. The summed E-state index contributed by atoms with van der Waals surface area (Å²) in [5, 5.41) is 8.16. The van der Waals surface area contributed by atoms with Gasteiger partial charge in [-0.25, -0.2) is 0 Å². The van der Waals surface area contributed by atoms with Crippen molar-refractivity contribution in [2.45, 2.75) is 44.6 Å². The van der Waals surface area contributed by atoms with Crippen LogP contribution in [0.4, 0.5) is 0 Å². The van der Waals surface area contributed by atoms with Gasteiger partial charge in [0.05, 0.1) is 0 Å². The number of halogens is 1. The first kappa shape index (κ1) is 14.1. The highest BCUT2D eigenvalue weighted by Gasteiger charge is 2.44. The molecule has 1 saturated carbocycles. The number of benzene rings is 1. The summed E-state index contributed by atoms with van der Waals surface area (Å²) in [4.78, 5) is 0. The minimum atomic E-state index is -0.166. The normalized spacial score (nSPS) is 21.2. The van der Waals surface area contributed by atoms with Crippen LogP contribution in [0.5, 0.6) is 0 Å². The van der Waals surface area contributed by atoms with Crippen molar-refractivity contribution in [1.29, 1.82) is 5.41 Å². The highest BCUT2D eigenvalue weighted by molar-refractivity contribution is 6.21. The predicted molar refractivity (Wildman–Crippen MR) is 80.9 cm³/mol. The lowest BCUT2D eigenvalue weighted by Crippen LogP contribution is -2.33. The first-order valence-corrected chi connectivity index (χ1v) is 6.78. The molecule has 1 aromatic rings. The van der Waals surface area contributed by atoms with Gasteiger partial charge in [-0.1, -0.05) is 36.8 Å². The van der Waals surface area contributed by atoms with E-state index < -0.39 is 0 Å². The first-order chi connectivity index (χ1) is 8.73. The molecule has 1 spiro atoms. The fraction of sp³-hybridized carbons (Fsp3) is 0.438. The second-order valence-electron chi connectivity index (χ2n) is 5.35. The van der Waals surface area contributed by atoms with Gasteiger partial charge in [0, 0.05) is 5.57 Å². The SMILES string of the molecule is CC1=C(c2ccccc2)C(=N)OC12CCCCC2.Cl. The van der Waals surface area contributed by atoms with Crippen LogP contribution in [-0.4, -0.2) is 11.5 Å². The van der Waals surface area contributed by atoms with Gasteiger partial charge >= 0.3 is 0 Å². The van der Waals surface area contributed by atoms with Gasteiger partial charge in [0.15, 0.2) is 0 Å². The van der Waals surface area contributed by atoms with Crippen molar-refractivity contribution in [3.05, 3.63) is 41.5 Å². The molecule has 1 aromatic carbocycles. The molecule has 19 heavy (non-hydrogen) atoms. The van der Waals surface area contributed by atoms with Crippen LogP contribution in [-0.2, 0) is 4.74 Å². The predicted octanol–water partition coefficient (Wildman–Crippen LogP) is 4.59. The van der Waals surface area contributed by atoms with E-state index in [1.165, 1.54) is 24.8 Å². The lowest BCUT2D eigenvalue weighted by atomic mass is 9.79. The largest absolute Gasteiger partial charge is 0.466 e. The Balaban J connectivity index is 0.00000133. The molecule has 102 valence electrons. The van der Waals surface area contributed by atoms with Gasteiger partial charge in [-0.05, 0) is 43.7 Å². The molecule has 0 unspecified atom stereocenters. The molecule has 1 N–H and O–H groups in total. The van der Waals surface area contributed by atoms with Crippen LogP contribution < -0.4 is 0 Å². The summed E-state index contributed by atoms with van der Waals surface area (Å²) < 4.78 is 5.98. The molecule has 1 heterocycles. The molecule has 0 amide bonds. The molecule has 0 atom stereocenters. The summed E-state index contributed by atoms with van der Waals surface area (Å²) in [6, 6.07) is 10.2. The van der Waals surface area contributed by atoms with Crippen LogP contribution in [0.2, 0.25) is 0 Å². The van der Waals surface area contributed by atoms with Crippen molar-refractivity contribution in [2.24, 2.45) is 0 Å². The lowest BCUT2D eigenvalue weighted by molar-refractivity contribution is 0.0649. The summed E-state index contributed by atoms with van der Waals surface area (Å²) >= 11 is 0. The molecule has 0 saturated heterocycles. The molecular weight excluding hydrogens is 258 g/mol. The first-order valence-electron chi connectivity index (χ1n) is 6.78. The maximum absolute atomic E-state index is 8.16. The number of nitrogens with one attached hydrogen (secondary N) is 1. The van der Waals surface area contributed by atoms with E-state index >= 15 is 0 Å². The minimum Gasteiger partial charge on any atom is -0.466 e. The van der Waals surface area contributed by atoms with Gasteiger partial charge in [-0.15, -0.1) is 12.4 Å². The second-order valence-corrected chi connectivity index (χ2v) is 5.35. The molecule has 1 aliphatic heterocycles. The average Bonchev–Trinajstić information content (AvgIpc) is 2.63. The Morgan fingerprint density at radius 2 is 1.68 bits per heavy atom. The number of rotatable bonds is 1. The Labute approximate surface area is 120 Å². The zero-order valence-corrected chi connectivity index (χ0v) is 12.1. The Kier molecular flexibility index (Phi) is 4.00. The van der Waals surface area contributed by atoms with E-state index in [-0.39, 0.29) is 18.0 Å². The van der Waals surface area contributed by atoms with E-state index in [0.717, 1.165) is 24.0 Å². The van der Waals surface area contributed by atoms with Gasteiger partial charge in [0.25, 0.3) is 0 Å². The van der Waals surface area contributed by atoms with Crippen LogP contribution in [0.3, 0.4) is 0 Å². The van der Waals surface area contributed by atoms with E-state index in [1.807, 2.05) is 18.2 Å². The highest BCUT2D eigenvalue weighted by atomic mass is 35.5. The topological polar surface area (TPSA) is 33.1 Å². The molecule has 0 bridgehead atoms. The van der Waals surface area contributed by atoms with Crippen LogP contribution in [0.15, 0.2) is 35.9 Å². The standard InChI is InChI=1S/C16H19NO.ClH/c1-12-14(13-8-4-2-5-9-13)15(17)18-16(12)10-6-3-7-11-16;/h2,4-5,8-9,17H,3,6-7,10-11H2,1H3;1H. The van der Waals surface area contributed by atoms with E-state index in [9.17, 15) is 0 Å². The van der Waals surface area contributed by atoms with Crippen LogP contribution in [0, 0.1) is 5.41 Å². The van der Waals surface area contributed by atoms with Crippen molar-refractivity contribution in [3.8, 4) is 0 Å². The number of ether oxygens (including phenoxy) is 1. The number of hydrogen-bond acceptors (Lipinski definition) is 2. The smallest absolute Gasteiger partial charge is 0.214 e. The summed E-state index contributed by atoms with van der Waals surface area (Å²) in [5.74, 6) is 0.362. The lowest BCUT2D eigenvalue weighted by Gasteiger charge is -2.33. The Hall–Kier alpha value is -1.28. The van der Waals surface area contributed by atoms with Gasteiger partial charge in [-0.2, -0.15) is 0 Å². The van der Waals surface area contributed by atoms with E-state index in [4.69, 9.17) is 10.1 Å². The van der Waals surface area contributed by atoms with Gasteiger partial charge in [0.2, 0.25) is 5.90 Å². The quantitative estimate of drug-likeness (QED) is 0.800. The average molecular weight is 278 g/mol. The maximum atomic E-state index is 8.16. The fourth-order valence-electron chi connectivity index (χ4n) is 3.27. The van der Waals surface area contributed by atoms with Gasteiger partial charge in [0.1, 0.15) is 5.60 Å². The van der Waals surface area contributed by atoms with Crippen molar-refractivity contribution in [1.82, 2.24) is 0 Å². The van der Waals surface area contributed by atoms with Gasteiger partial charge < -0.3 is 4.74 Å². The summed E-state index contributed by atoms with van der Waals surface area (Å²) in [6.45, 7) is 2.15. The molecule has 3 rings (SSSR count). The zero-order valence-electron chi connectivity index (χ0n) is 11.2. The van der Waals surface area contributed by atoms with Crippen molar-refractivity contribution < 1.29 is 4.74 Å². The second kappa shape index (κ2) is 5.38. The number of hydrogen-bond donors (Lipinski definition) is 1. The van der Waals surface area contributed by atoms with Crippen molar-refractivity contribution in [2.75, 3.05) is 0 Å². The zero-order chi connectivity index (χ0) is 12.6. The summed E-state index contributed by atoms with van der Waals surface area (Å²) in [7, 11) is 0. The monoisotopic (exact) mass is 277 g/mol. The molecule has 2 aliphatic rings.